The Balaban J connectivity index is 1.96. The summed E-state index contributed by atoms with van der Waals surface area (Å²) >= 11 is 0. The van der Waals surface area contributed by atoms with Gasteiger partial charge in [0.05, 0.1) is 0 Å². The Hall–Kier alpha value is -0.860. The first-order chi connectivity index (χ1) is 10.3. The van der Waals surface area contributed by atoms with E-state index < -0.39 is 0 Å². The Kier molecular flexibility index (Phi) is 7.25. The Morgan fingerprint density at radius 2 is 2.05 bits per heavy atom. The highest BCUT2D eigenvalue weighted by atomic mass is 15.2. The predicted molar refractivity (Wildman–Crippen MR) is 91.7 cm³/mol. The third-order valence-corrected chi connectivity index (χ3v) is 4.72. The zero-order valence-corrected chi connectivity index (χ0v) is 13.9. The molecule has 1 N–H and O–H groups in total. The topological polar surface area (TPSA) is 15.3 Å². The molecule has 0 aromatic heterocycles. The lowest BCUT2D eigenvalue weighted by molar-refractivity contribution is 0.171. The Bertz CT molecular complexity index is 370. The molecule has 1 aromatic carbocycles. The largest absolute Gasteiger partial charge is 0.313 e. The molecule has 0 spiro atoms. The van der Waals surface area contributed by atoms with Crippen LogP contribution in [0.15, 0.2) is 30.3 Å². The van der Waals surface area contributed by atoms with Gasteiger partial charge in [-0.1, -0.05) is 50.6 Å². The summed E-state index contributed by atoms with van der Waals surface area (Å²) in [7, 11) is 0. The Labute approximate surface area is 130 Å². The first-order valence-electron chi connectivity index (χ1n) is 8.84. The summed E-state index contributed by atoms with van der Waals surface area (Å²) < 4.78 is 0. The van der Waals surface area contributed by atoms with Crippen LogP contribution in [0.3, 0.4) is 0 Å². The highest BCUT2D eigenvalue weighted by molar-refractivity contribution is 5.16. The number of nitrogens with zero attached hydrogens (tertiary/aromatic N) is 1. The van der Waals surface area contributed by atoms with Gasteiger partial charge in [-0.05, 0) is 50.8 Å². The van der Waals surface area contributed by atoms with Crippen molar-refractivity contribution in [2.45, 2.75) is 64.5 Å². The summed E-state index contributed by atoms with van der Waals surface area (Å²) in [6.07, 6.45) is 7.74. The van der Waals surface area contributed by atoms with Crippen LogP contribution in [0.25, 0.3) is 0 Å². The molecule has 2 rings (SSSR count). The average molecular weight is 288 g/mol. The third-order valence-electron chi connectivity index (χ3n) is 4.72. The second kappa shape index (κ2) is 9.22. The van der Waals surface area contributed by atoms with Gasteiger partial charge in [0.1, 0.15) is 0 Å². The predicted octanol–water partition coefficient (Wildman–Crippen LogP) is 3.86. The molecule has 1 aliphatic rings. The molecule has 118 valence electrons. The summed E-state index contributed by atoms with van der Waals surface area (Å²) in [6, 6.07) is 12.4. The van der Waals surface area contributed by atoms with Crippen molar-refractivity contribution < 1.29 is 0 Å². The van der Waals surface area contributed by atoms with E-state index in [4.69, 9.17) is 0 Å². The molecule has 0 bridgehead atoms. The van der Waals surface area contributed by atoms with Crippen LogP contribution in [-0.4, -0.2) is 36.6 Å². The van der Waals surface area contributed by atoms with Gasteiger partial charge in [-0.25, -0.2) is 0 Å². The zero-order valence-electron chi connectivity index (χ0n) is 13.9. The lowest BCUT2D eigenvalue weighted by Crippen LogP contribution is -2.44. The minimum absolute atomic E-state index is 0.682. The van der Waals surface area contributed by atoms with Crippen LogP contribution < -0.4 is 5.32 Å². The van der Waals surface area contributed by atoms with Crippen LogP contribution in [0.4, 0.5) is 0 Å². The van der Waals surface area contributed by atoms with Gasteiger partial charge < -0.3 is 5.32 Å². The van der Waals surface area contributed by atoms with Crippen molar-refractivity contribution in [3.8, 4) is 0 Å². The van der Waals surface area contributed by atoms with E-state index in [2.05, 4.69) is 54.4 Å². The Morgan fingerprint density at radius 3 is 2.67 bits per heavy atom. The quantitative estimate of drug-likeness (QED) is 0.742. The molecule has 1 heterocycles. The fraction of sp³-hybridized carbons (Fsp3) is 0.684. The molecule has 2 heteroatoms. The van der Waals surface area contributed by atoms with Crippen LogP contribution in [-0.2, 0) is 6.42 Å². The normalized spacial score (nSPS) is 20.0. The molecule has 0 saturated carbocycles. The van der Waals surface area contributed by atoms with Crippen LogP contribution in [0.2, 0.25) is 0 Å². The monoisotopic (exact) mass is 288 g/mol. The number of rotatable bonds is 9. The van der Waals surface area contributed by atoms with Crippen molar-refractivity contribution in [2.24, 2.45) is 0 Å². The van der Waals surface area contributed by atoms with Gasteiger partial charge in [-0.2, -0.15) is 0 Å². The molecule has 2 nitrogen and oxygen atoms in total. The first kappa shape index (κ1) is 16.5. The van der Waals surface area contributed by atoms with Gasteiger partial charge in [0.25, 0.3) is 0 Å². The molecule has 1 aliphatic heterocycles. The molecule has 0 aliphatic carbocycles. The number of nitrogens with one attached hydrogen (secondary N) is 1. The zero-order chi connectivity index (χ0) is 14.9. The highest BCUT2D eigenvalue weighted by Gasteiger charge is 2.22. The van der Waals surface area contributed by atoms with Gasteiger partial charge >= 0.3 is 0 Å². The van der Waals surface area contributed by atoms with E-state index in [0.717, 1.165) is 0 Å². The summed E-state index contributed by atoms with van der Waals surface area (Å²) in [5.41, 5.74) is 1.48. The van der Waals surface area contributed by atoms with Crippen molar-refractivity contribution in [1.29, 1.82) is 0 Å². The third kappa shape index (κ3) is 5.44. The molecule has 1 saturated heterocycles. The van der Waals surface area contributed by atoms with E-state index in [0.29, 0.717) is 12.1 Å². The van der Waals surface area contributed by atoms with Crippen molar-refractivity contribution in [3.05, 3.63) is 35.9 Å². The number of benzene rings is 1. The maximum absolute atomic E-state index is 3.66. The summed E-state index contributed by atoms with van der Waals surface area (Å²) in [5.74, 6) is 0. The van der Waals surface area contributed by atoms with Crippen LogP contribution in [0.1, 0.15) is 51.5 Å². The van der Waals surface area contributed by atoms with Crippen molar-refractivity contribution in [2.75, 3.05) is 19.6 Å². The van der Waals surface area contributed by atoms with E-state index in [1.54, 1.807) is 0 Å². The lowest BCUT2D eigenvalue weighted by atomic mass is 10.0. The van der Waals surface area contributed by atoms with Crippen molar-refractivity contribution in [1.82, 2.24) is 10.2 Å². The van der Waals surface area contributed by atoms with Gasteiger partial charge in [0.15, 0.2) is 0 Å². The van der Waals surface area contributed by atoms with Gasteiger partial charge in [-0.15, -0.1) is 0 Å². The molecule has 0 amide bonds. The summed E-state index contributed by atoms with van der Waals surface area (Å²) in [6.45, 7) is 8.33. The molecule has 1 aromatic rings. The molecular weight excluding hydrogens is 256 g/mol. The molecule has 1 fully saturated rings. The van der Waals surface area contributed by atoms with Crippen LogP contribution >= 0.6 is 0 Å². The molecule has 21 heavy (non-hydrogen) atoms. The molecule has 0 radical (unpaired) electrons. The van der Waals surface area contributed by atoms with Gasteiger partial charge in [-0.3, -0.25) is 4.90 Å². The smallest absolute Gasteiger partial charge is 0.0195 e. The number of unbranched alkanes of at least 4 members (excludes halogenated alkanes) is 1. The fourth-order valence-corrected chi connectivity index (χ4v) is 3.40. The van der Waals surface area contributed by atoms with Gasteiger partial charge in [0.2, 0.25) is 0 Å². The van der Waals surface area contributed by atoms with E-state index in [1.807, 2.05) is 0 Å². The first-order valence-corrected chi connectivity index (χ1v) is 8.84. The second-order valence-corrected chi connectivity index (χ2v) is 6.39. The Morgan fingerprint density at radius 1 is 1.24 bits per heavy atom. The minimum Gasteiger partial charge on any atom is -0.313 e. The second-order valence-electron chi connectivity index (χ2n) is 6.39. The molecule has 2 unspecified atom stereocenters. The molecule has 2 atom stereocenters. The van der Waals surface area contributed by atoms with Crippen molar-refractivity contribution >= 4 is 0 Å². The minimum atomic E-state index is 0.682. The van der Waals surface area contributed by atoms with E-state index >= 15 is 0 Å². The standard InChI is InChI=1S/C19H32N2/c1-3-5-14-21(16-18-12-9-13-20-18)19(4-2)15-17-10-7-6-8-11-17/h6-8,10-11,18-20H,3-5,9,12-16H2,1-2H3. The molecular formula is C19H32N2. The van der Waals surface area contributed by atoms with E-state index in [1.165, 1.54) is 63.7 Å². The maximum atomic E-state index is 3.66. The van der Waals surface area contributed by atoms with Crippen LogP contribution in [0.5, 0.6) is 0 Å². The summed E-state index contributed by atoms with van der Waals surface area (Å²) in [4.78, 5) is 2.75. The highest BCUT2D eigenvalue weighted by Crippen LogP contribution is 2.16. The number of hydrogen-bond acceptors (Lipinski definition) is 2. The van der Waals surface area contributed by atoms with Crippen molar-refractivity contribution in [3.63, 3.8) is 0 Å². The fourth-order valence-electron chi connectivity index (χ4n) is 3.40. The summed E-state index contributed by atoms with van der Waals surface area (Å²) in [5, 5.41) is 3.66. The van der Waals surface area contributed by atoms with Gasteiger partial charge in [0, 0.05) is 18.6 Å². The van der Waals surface area contributed by atoms with Crippen LogP contribution in [0, 0.1) is 0 Å². The van der Waals surface area contributed by atoms with E-state index in [9.17, 15) is 0 Å². The lowest BCUT2D eigenvalue weighted by Gasteiger charge is -2.33. The average Bonchev–Trinajstić information content (AvgIpc) is 3.03. The number of hydrogen-bond donors (Lipinski definition) is 1. The maximum Gasteiger partial charge on any atom is 0.0195 e. The SMILES string of the molecule is CCCCN(CC1CCCN1)C(CC)Cc1ccccc1. The van der Waals surface area contributed by atoms with E-state index in [-0.39, 0.29) is 0 Å².